The van der Waals surface area contributed by atoms with E-state index >= 15 is 0 Å². The zero-order valence-electron chi connectivity index (χ0n) is 11.9. The van der Waals surface area contributed by atoms with Gasteiger partial charge in [-0.2, -0.15) is 0 Å². The van der Waals surface area contributed by atoms with Crippen molar-refractivity contribution >= 4 is 5.91 Å². The number of phenolic OH excluding ortho intramolecular Hbond substituents is 1. The maximum atomic E-state index is 12.4. The van der Waals surface area contributed by atoms with Crippen LogP contribution < -0.4 is 0 Å². The van der Waals surface area contributed by atoms with Crippen LogP contribution in [0.2, 0.25) is 0 Å². The van der Waals surface area contributed by atoms with E-state index in [1.807, 2.05) is 46.9 Å². The van der Waals surface area contributed by atoms with E-state index < -0.39 is 0 Å². The summed E-state index contributed by atoms with van der Waals surface area (Å²) < 4.78 is 0. The van der Waals surface area contributed by atoms with Gasteiger partial charge in [0.25, 0.3) is 0 Å². The second kappa shape index (κ2) is 5.42. The van der Waals surface area contributed by atoms with Gasteiger partial charge in [0.1, 0.15) is 5.75 Å². The first-order chi connectivity index (χ1) is 8.29. The van der Waals surface area contributed by atoms with E-state index in [9.17, 15) is 9.90 Å². The molecular weight excluding hydrogens is 226 g/mol. The largest absolute Gasteiger partial charge is 0.508 e. The van der Waals surface area contributed by atoms with Crippen molar-refractivity contribution in [2.45, 2.75) is 40.2 Å². The molecule has 1 unspecified atom stereocenters. The van der Waals surface area contributed by atoms with Crippen molar-refractivity contribution in [1.29, 1.82) is 0 Å². The molecule has 0 spiro atoms. The molecule has 1 amide bonds. The van der Waals surface area contributed by atoms with Crippen LogP contribution in [0.5, 0.6) is 5.75 Å². The zero-order chi connectivity index (χ0) is 13.9. The third-order valence-electron chi connectivity index (χ3n) is 3.74. The summed E-state index contributed by atoms with van der Waals surface area (Å²) >= 11 is 0. The Morgan fingerprint density at radius 2 is 1.83 bits per heavy atom. The average Bonchev–Trinajstić information content (AvgIpc) is 2.37. The molecule has 1 rings (SSSR count). The third-order valence-corrected chi connectivity index (χ3v) is 3.74. The Hall–Kier alpha value is -1.51. The first kappa shape index (κ1) is 14.6. The number of carbonyl (C=O) groups is 1. The molecule has 0 saturated carbocycles. The van der Waals surface area contributed by atoms with Crippen LogP contribution in [-0.4, -0.2) is 23.0 Å². The van der Waals surface area contributed by atoms with Crippen LogP contribution in [0, 0.1) is 5.41 Å². The molecule has 18 heavy (non-hydrogen) atoms. The molecule has 3 nitrogen and oxygen atoms in total. The van der Waals surface area contributed by atoms with Crippen molar-refractivity contribution in [2.24, 2.45) is 5.41 Å². The van der Waals surface area contributed by atoms with E-state index in [0.29, 0.717) is 0 Å². The lowest BCUT2D eigenvalue weighted by molar-refractivity contribution is -0.141. The van der Waals surface area contributed by atoms with Crippen LogP contribution in [0.15, 0.2) is 24.3 Å². The molecule has 1 aromatic carbocycles. The minimum absolute atomic E-state index is 0.00363. The van der Waals surface area contributed by atoms with Crippen LogP contribution >= 0.6 is 0 Å². The zero-order valence-corrected chi connectivity index (χ0v) is 11.9. The number of nitrogens with zero attached hydrogens (tertiary/aromatic N) is 1. The number of rotatable bonds is 4. The summed E-state index contributed by atoms with van der Waals surface area (Å²) in [6, 6.07) is 7.00. The van der Waals surface area contributed by atoms with Crippen molar-refractivity contribution in [3.05, 3.63) is 29.8 Å². The van der Waals surface area contributed by atoms with Gasteiger partial charge >= 0.3 is 0 Å². The van der Waals surface area contributed by atoms with Crippen LogP contribution in [0.25, 0.3) is 0 Å². The van der Waals surface area contributed by atoms with Gasteiger partial charge < -0.3 is 10.0 Å². The van der Waals surface area contributed by atoms with E-state index in [1.54, 1.807) is 17.0 Å². The Labute approximate surface area is 109 Å². The molecule has 1 N–H and O–H groups in total. The number of benzene rings is 1. The highest BCUT2D eigenvalue weighted by atomic mass is 16.3. The van der Waals surface area contributed by atoms with Crippen LogP contribution in [0.4, 0.5) is 0 Å². The van der Waals surface area contributed by atoms with Crippen LogP contribution in [-0.2, 0) is 4.79 Å². The molecule has 0 radical (unpaired) electrons. The van der Waals surface area contributed by atoms with E-state index in [4.69, 9.17) is 0 Å². The second-order valence-electron chi connectivity index (χ2n) is 5.42. The van der Waals surface area contributed by atoms with Gasteiger partial charge in [-0.3, -0.25) is 4.79 Å². The topological polar surface area (TPSA) is 40.5 Å². The molecule has 100 valence electrons. The molecule has 0 fully saturated rings. The first-order valence-electron chi connectivity index (χ1n) is 6.35. The van der Waals surface area contributed by atoms with Gasteiger partial charge in [0.2, 0.25) is 5.91 Å². The molecule has 0 aliphatic carbocycles. The highest BCUT2D eigenvalue weighted by Crippen LogP contribution is 2.28. The Kier molecular flexibility index (Phi) is 4.38. The fraction of sp³-hybridized carbons (Fsp3) is 0.533. The van der Waals surface area contributed by atoms with Crippen molar-refractivity contribution in [2.75, 3.05) is 7.05 Å². The normalized spacial score (nSPS) is 13.2. The third kappa shape index (κ3) is 3.03. The lowest BCUT2D eigenvalue weighted by Gasteiger charge is -2.32. The van der Waals surface area contributed by atoms with Crippen molar-refractivity contribution in [3.63, 3.8) is 0 Å². The fourth-order valence-corrected chi connectivity index (χ4v) is 1.78. The lowest BCUT2D eigenvalue weighted by atomic mass is 9.88. The molecule has 0 aliphatic rings. The number of carbonyl (C=O) groups excluding carboxylic acids is 1. The molecule has 0 heterocycles. The number of hydrogen-bond donors (Lipinski definition) is 1. The summed E-state index contributed by atoms with van der Waals surface area (Å²) in [5.74, 6) is 0.388. The van der Waals surface area contributed by atoms with Gasteiger partial charge in [-0.15, -0.1) is 0 Å². The first-order valence-corrected chi connectivity index (χ1v) is 6.35. The van der Waals surface area contributed by atoms with Gasteiger partial charge in [-0.1, -0.05) is 32.9 Å². The Morgan fingerprint density at radius 3 is 2.28 bits per heavy atom. The predicted octanol–water partition coefficient (Wildman–Crippen LogP) is 3.35. The lowest BCUT2D eigenvalue weighted by Crippen LogP contribution is -2.39. The second-order valence-corrected chi connectivity index (χ2v) is 5.42. The number of aromatic hydroxyl groups is 1. The minimum atomic E-state index is -0.333. The molecule has 1 atom stereocenters. The van der Waals surface area contributed by atoms with Gasteiger partial charge in [0, 0.05) is 12.5 Å². The summed E-state index contributed by atoms with van der Waals surface area (Å²) in [5, 5.41) is 9.27. The van der Waals surface area contributed by atoms with E-state index in [-0.39, 0.29) is 23.1 Å². The summed E-state index contributed by atoms with van der Waals surface area (Å²) in [6.45, 7) is 7.96. The molecule has 0 saturated heterocycles. The predicted molar refractivity (Wildman–Crippen MR) is 73.4 cm³/mol. The van der Waals surface area contributed by atoms with Crippen molar-refractivity contribution in [3.8, 4) is 5.75 Å². The molecule has 0 bridgehead atoms. The van der Waals surface area contributed by atoms with E-state index in [0.717, 1.165) is 12.0 Å². The minimum Gasteiger partial charge on any atom is -0.508 e. The SMILES string of the molecule is CCC(C)(C)C(=O)N(C)C(C)c1ccc(O)cc1. The molecular formula is C15H23NO2. The molecule has 0 aliphatic heterocycles. The van der Waals surface area contributed by atoms with E-state index in [1.165, 1.54) is 0 Å². The maximum absolute atomic E-state index is 12.4. The highest BCUT2D eigenvalue weighted by molar-refractivity contribution is 5.82. The monoisotopic (exact) mass is 249 g/mol. The highest BCUT2D eigenvalue weighted by Gasteiger charge is 2.30. The number of hydrogen-bond acceptors (Lipinski definition) is 2. The summed E-state index contributed by atoms with van der Waals surface area (Å²) in [4.78, 5) is 14.1. The summed E-state index contributed by atoms with van der Waals surface area (Å²) in [6.07, 6.45) is 0.818. The van der Waals surface area contributed by atoms with Crippen molar-refractivity contribution in [1.82, 2.24) is 4.90 Å². The van der Waals surface area contributed by atoms with Gasteiger partial charge in [0.05, 0.1) is 6.04 Å². The number of phenols is 1. The van der Waals surface area contributed by atoms with E-state index in [2.05, 4.69) is 0 Å². The van der Waals surface area contributed by atoms with Crippen LogP contribution in [0.3, 0.4) is 0 Å². The van der Waals surface area contributed by atoms with Crippen molar-refractivity contribution < 1.29 is 9.90 Å². The number of amides is 1. The van der Waals surface area contributed by atoms with Gasteiger partial charge in [0.15, 0.2) is 0 Å². The summed E-state index contributed by atoms with van der Waals surface area (Å²) in [5.41, 5.74) is 0.690. The smallest absolute Gasteiger partial charge is 0.228 e. The Morgan fingerprint density at radius 1 is 1.33 bits per heavy atom. The molecule has 1 aromatic rings. The van der Waals surface area contributed by atoms with Crippen LogP contribution in [0.1, 0.15) is 45.7 Å². The quantitative estimate of drug-likeness (QED) is 0.889. The average molecular weight is 249 g/mol. The Balaban J connectivity index is 2.87. The Bertz CT molecular complexity index is 409. The molecule has 3 heteroatoms. The molecule has 0 aromatic heterocycles. The fourth-order valence-electron chi connectivity index (χ4n) is 1.78. The van der Waals surface area contributed by atoms with Gasteiger partial charge in [-0.05, 0) is 31.0 Å². The summed E-state index contributed by atoms with van der Waals surface area (Å²) in [7, 11) is 1.83. The standard InChI is InChI=1S/C15H23NO2/c1-6-15(3,4)14(18)16(5)11(2)12-7-9-13(17)10-8-12/h7-11,17H,6H2,1-5H3. The maximum Gasteiger partial charge on any atom is 0.228 e. The van der Waals surface area contributed by atoms with Gasteiger partial charge in [-0.25, -0.2) is 0 Å².